The molecular weight excluding hydrogens is 332 g/mol. The van der Waals surface area contributed by atoms with E-state index < -0.39 is 8.07 Å². The van der Waals surface area contributed by atoms with Crippen molar-refractivity contribution in [3.63, 3.8) is 0 Å². The van der Waals surface area contributed by atoms with Crippen LogP contribution in [0.15, 0.2) is 48.7 Å². The van der Waals surface area contributed by atoms with Crippen LogP contribution in [0.25, 0.3) is 27.2 Å². The molecule has 0 amide bonds. The second-order valence-electron chi connectivity index (χ2n) is 7.77. The Balaban J connectivity index is 2.14. The number of aromatic nitrogens is 1. The van der Waals surface area contributed by atoms with Crippen LogP contribution in [-0.2, 0) is 7.05 Å². The minimum Gasteiger partial charge on any atom is -0.238 e. The molecule has 4 rings (SSSR count). The summed E-state index contributed by atoms with van der Waals surface area (Å²) in [5, 5.41) is 2.79. The Kier molecular flexibility index (Phi) is 3.64. The van der Waals surface area contributed by atoms with Crippen LogP contribution in [0.4, 0.5) is 5.69 Å². The molecule has 0 bridgehead atoms. The lowest BCUT2D eigenvalue weighted by atomic mass is 9.96. The zero-order chi connectivity index (χ0) is 18.6. The summed E-state index contributed by atoms with van der Waals surface area (Å²) in [5.41, 5.74) is 8.47. The maximum atomic E-state index is 7.77. The first-order chi connectivity index (χ1) is 12.4. The van der Waals surface area contributed by atoms with E-state index in [2.05, 4.69) is 92.1 Å². The number of aryl methyl sites for hydroxylation is 3. The number of pyridine rings is 1. The molecule has 0 unspecified atom stereocenters. The summed E-state index contributed by atoms with van der Waals surface area (Å²) in [5.74, 6) is 0. The summed E-state index contributed by atoms with van der Waals surface area (Å²) < 4.78 is 2.21. The van der Waals surface area contributed by atoms with Gasteiger partial charge < -0.3 is 0 Å². The predicted octanol–water partition coefficient (Wildman–Crippen LogP) is 4.15. The van der Waals surface area contributed by atoms with E-state index in [0.29, 0.717) is 0 Å². The molecule has 1 aromatic heterocycles. The van der Waals surface area contributed by atoms with Crippen molar-refractivity contribution in [2.24, 2.45) is 7.05 Å². The Bertz CT molecular complexity index is 1100. The third-order valence-electron chi connectivity index (χ3n) is 5.76. The van der Waals surface area contributed by atoms with Gasteiger partial charge in [0.15, 0.2) is 11.9 Å². The maximum Gasteiger partial charge on any atom is 0.212 e. The van der Waals surface area contributed by atoms with E-state index >= 15 is 0 Å². The highest BCUT2D eigenvalue weighted by Gasteiger charge is 2.43. The minimum absolute atomic E-state index is 0.872. The molecule has 26 heavy (non-hydrogen) atoms. The van der Waals surface area contributed by atoms with Gasteiger partial charge in [-0.3, -0.25) is 0 Å². The molecule has 2 heterocycles. The van der Waals surface area contributed by atoms with Crippen molar-refractivity contribution >= 4 is 24.1 Å². The van der Waals surface area contributed by atoms with Crippen LogP contribution in [0.1, 0.15) is 11.1 Å². The molecule has 2 aromatic carbocycles. The zero-order valence-electron chi connectivity index (χ0n) is 16.0. The highest BCUT2D eigenvalue weighted by atomic mass is 28.3. The molecule has 0 radical (unpaired) electrons. The molecule has 0 saturated heterocycles. The van der Waals surface area contributed by atoms with Crippen LogP contribution in [0.3, 0.4) is 0 Å². The van der Waals surface area contributed by atoms with E-state index in [9.17, 15) is 0 Å². The van der Waals surface area contributed by atoms with Crippen LogP contribution < -0.4 is 14.9 Å². The van der Waals surface area contributed by atoms with Gasteiger partial charge in [0.05, 0.1) is 6.57 Å². The maximum absolute atomic E-state index is 7.77. The molecule has 3 aromatic rings. The lowest BCUT2D eigenvalue weighted by molar-refractivity contribution is -0.660. The molecule has 0 spiro atoms. The van der Waals surface area contributed by atoms with Gasteiger partial charge in [0, 0.05) is 17.7 Å². The van der Waals surface area contributed by atoms with E-state index in [-0.39, 0.29) is 0 Å². The summed E-state index contributed by atoms with van der Waals surface area (Å²) in [4.78, 5) is 3.94. The standard InChI is InChI=1S/C23H23N2Si/c1-15-10-12-17-18-13-11-16(2)21(24-3)23(18)26(5,6)22(17)20(15)19-9-7-8-14-25(19)4/h7-14H,1-2,4-6H3/q+1. The van der Waals surface area contributed by atoms with Gasteiger partial charge in [-0.25, -0.2) is 9.41 Å². The highest BCUT2D eigenvalue weighted by Crippen LogP contribution is 2.38. The van der Waals surface area contributed by atoms with E-state index in [0.717, 1.165) is 11.3 Å². The largest absolute Gasteiger partial charge is 0.238 e. The average Bonchev–Trinajstić information content (AvgIpc) is 2.84. The summed E-state index contributed by atoms with van der Waals surface area (Å²) in [6.45, 7) is 16.8. The Labute approximate surface area is 156 Å². The van der Waals surface area contributed by atoms with Gasteiger partial charge in [-0.2, -0.15) is 0 Å². The lowest BCUT2D eigenvalue weighted by Gasteiger charge is -2.24. The number of rotatable bonds is 1. The van der Waals surface area contributed by atoms with E-state index in [1.54, 1.807) is 0 Å². The van der Waals surface area contributed by atoms with Crippen molar-refractivity contribution in [3.05, 3.63) is 71.2 Å². The quantitative estimate of drug-likeness (QED) is 0.352. The Hall–Kier alpha value is -2.70. The van der Waals surface area contributed by atoms with Crippen LogP contribution in [0.2, 0.25) is 13.1 Å². The molecule has 0 saturated carbocycles. The topological polar surface area (TPSA) is 8.24 Å². The van der Waals surface area contributed by atoms with E-state index in [1.165, 1.54) is 38.3 Å². The van der Waals surface area contributed by atoms with Gasteiger partial charge in [0.1, 0.15) is 15.1 Å². The predicted molar refractivity (Wildman–Crippen MR) is 111 cm³/mol. The molecule has 0 N–H and O–H groups in total. The van der Waals surface area contributed by atoms with Crippen LogP contribution in [0, 0.1) is 20.4 Å². The number of fused-ring (bicyclic) bond motifs is 3. The summed E-state index contributed by atoms with van der Waals surface area (Å²) >= 11 is 0. The zero-order valence-corrected chi connectivity index (χ0v) is 17.0. The molecule has 0 aliphatic carbocycles. The van der Waals surface area contributed by atoms with E-state index in [1.807, 2.05) is 0 Å². The SMILES string of the molecule is [C-]#[N+]c1c(C)ccc2c1[Si](C)(C)c1c-2ccc(C)c1-c1cccc[n+]1C. The summed E-state index contributed by atoms with van der Waals surface area (Å²) in [6.07, 6.45) is 2.11. The average molecular weight is 356 g/mol. The van der Waals surface area contributed by atoms with Crippen molar-refractivity contribution < 1.29 is 4.57 Å². The van der Waals surface area contributed by atoms with Gasteiger partial charge >= 0.3 is 0 Å². The summed E-state index contributed by atoms with van der Waals surface area (Å²) in [6, 6.07) is 15.2. The monoisotopic (exact) mass is 355 g/mol. The molecule has 0 fully saturated rings. The van der Waals surface area contributed by atoms with Crippen molar-refractivity contribution in [3.8, 4) is 22.4 Å². The number of hydrogen-bond donors (Lipinski definition) is 0. The molecule has 1 aliphatic rings. The first kappa shape index (κ1) is 16.7. The molecule has 1 aliphatic heterocycles. The number of nitrogens with zero attached hydrogens (tertiary/aromatic N) is 2. The second-order valence-corrected chi connectivity index (χ2v) is 12.0. The molecule has 128 valence electrons. The Morgan fingerprint density at radius 1 is 0.885 bits per heavy atom. The van der Waals surface area contributed by atoms with Crippen LogP contribution in [0.5, 0.6) is 0 Å². The third-order valence-corrected chi connectivity index (χ3v) is 9.28. The number of benzene rings is 2. The van der Waals surface area contributed by atoms with Crippen LogP contribution in [-0.4, -0.2) is 8.07 Å². The highest BCUT2D eigenvalue weighted by molar-refractivity contribution is 7.05. The smallest absolute Gasteiger partial charge is 0.212 e. The van der Waals surface area contributed by atoms with Gasteiger partial charge in [0.25, 0.3) is 0 Å². The molecule has 0 atom stereocenters. The van der Waals surface area contributed by atoms with Gasteiger partial charge in [0.2, 0.25) is 5.69 Å². The minimum atomic E-state index is -1.99. The van der Waals surface area contributed by atoms with Crippen molar-refractivity contribution in [2.45, 2.75) is 26.9 Å². The molecule has 3 heteroatoms. The van der Waals surface area contributed by atoms with Gasteiger partial charge in [-0.05, 0) is 52.5 Å². The normalized spacial score (nSPS) is 13.8. The fourth-order valence-electron chi connectivity index (χ4n) is 4.52. The first-order valence-electron chi connectivity index (χ1n) is 8.99. The lowest BCUT2D eigenvalue weighted by Crippen LogP contribution is -2.51. The van der Waals surface area contributed by atoms with Crippen LogP contribution >= 0.6 is 0 Å². The third kappa shape index (κ3) is 2.12. The Morgan fingerprint density at radius 2 is 1.54 bits per heavy atom. The fraction of sp³-hybridized carbons (Fsp3) is 0.217. The molecule has 2 nitrogen and oxygen atoms in total. The fourth-order valence-corrected chi connectivity index (χ4v) is 8.34. The van der Waals surface area contributed by atoms with Crippen molar-refractivity contribution in [2.75, 3.05) is 0 Å². The van der Waals surface area contributed by atoms with Crippen molar-refractivity contribution in [1.82, 2.24) is 0 Å². The van der Waals surface area contributed by atoms with Crippen molar-refractivity contribution in [1.29, 1.82) is 0 Å². The van der Waals surface area contributed by atoms with Gasteiger partial charge in [-0.1, -0.05) is 37.4 Å². The second kappa shape index (κ2) is 5.65. The summed E-state index contributed by atoms with van der Waals surface area (Å²) in [7, 11) is 0.124. The Morgan fingerprint density at radius 3 is 2.19 bits per heavy atom. The first-order valence-corrected chi connectivity index (χ1v) is 12.0. The van der Waals surface area contributed by atoms with Gasteiger partial charge in [-0.15, -0.1) is 0 Å². The molecular formula is C23H23N2Si+. The van der Waals surface area contributed by atoms with E-state index in [4.69, 9.17) is 6.57 Å². The number of hydrogen-bond acceptors (Lipinski definition) is 0.